The first-order valence-corrected chi connectivity index (χ1v) is 10.3. The number of carbonyl (C=O) groups excluding carboxylic acids is 3. The molecule has 0 aromatic carbocycles. The summed E-state index contributed by atoms with van der Waals surface area (Å²) in [5, 5.41) is -0.608. The van der Waals surface area contributed by atoms with Gasteiger partial charge in [0.2, 0.25) is 5.91 Å². The van der Waals surface area contributed by atoms with Gasteiger partial charge in [0.25, 0.3) is 0 Å². The fourth-order valence-corrected chi connectivity index (χ4v) is 4.80. The van der Waals surface area contributed by atoms with Crippen LogP contribution in [0.15, 0.2) is 25.3 Å². The van der Waals surface area contributed by atoms with Crippen LogP contribution in [-0.4, -0.2) is 71.6 Å². The SMILES string of the molecule is [C]C1C(COC(CC)C(=O)OCC=C)S[C@@H]2[C@@H]([C@@H](C)OC(=O)OCC=C)C(=O)N12. The van der Waals surface area contributed by atoms with Crippen LogP contribution in [0.1, 0.15) is 20.3 Å². The Labute approximate surface area is 175 Å². The summed E-state index contributed by atoms with van der Waals surface area (Å²) in [6, 6.07) is -0.796. The average Bonchev–Trinajstić information content (AvgIpc) is 2.96. The largest absolute Gasteiger partial charge is 0.508 e. The van der Waals surface area contributed by atoms with Crippen LogP contribution < -0.4 is 0 Å². The standard InChI is InChI=1S/C20H26NO7S/c1-6-9-25-19(23)14(8-3)27-11-15-12(4)21-17(22)16(18(21)29-15)13(5)28-20(24)26-10-7-2/h6-7,12-16,18H,1-2,8-11H2,3,5H3/t12?,13-,14?,15?,16+,18-/m1/s1. The van der Waals surface area contributed by atoms with Gasteiger partial charge >= 0.3 is 12.1 Å². The van der Waals surface area contributed by atoms with E-state index < -0.39 is 36.3 Å². The summed E-state index contributed by atoms with van der Waals surface area (Å²) in [6.07, 6.45) is 1.05. The van der Waals surface area contributed by atoms with Gasteiger partial charge in [-0.15, -0.1) is 11.8 Å². The summed E-state index contributed by atoms with van der Waals surface area (Å²) in [6.45, 7) is 19.0. The molecule has 3 radical (unpaired) electrons. The highest BCUT2D eigenvalue weighted by molar-refractivity contribution is 8.01. The van der Waals surface area contributed by atoms with Gasteiger partial charge in [-0.2, -0.15) is 0 Å². The Bertz CT molecular complexity index is 640. The minimum atomic E-state index is -0.863. The van der Waals surface area contributed by atoms with Crippen molar-refractivity contribution in [2.75, 3.05) is 19.8 Å². The Balaban J connectivity index is 1.88. The van der Waals surface area contributed by atoms with E-state index in [9.17, 15) is 14.4 Å². The Morgan fingerprint density at radius 3 is 2.55 bits per heavy atom. The molecular formula is C20H26NO7S. The highest BCUT2D eigenvalue weighted by Gasteiger charge is 2.59. The average molecular weight is 424 g/mol. The number of rotatable bonds is 11. The summed E-state index contributed by atoms with van der Waals surface area (Å²) in [4.78, 5) is 37.5. The zero-order valence-electron chi connectivity index (χ0n) is 16.6. The molecule has 2 rings (SSSR count). The lowest BCUT2D eigenvalue weighted by Crippen LogP contribution is -2.63. The molecule has 3 unspecified atom stereocenters. The van der Waals surface area contributed by atoms with E-state index in [2.05, 4.69) is 13.2 Å². The van der Waals surface area contributed by atoms with Gasteiger partial charge in [-0.3, -0.25) is 4.79 Å². The topological polar surface area (TPSA) is 91.4 Å². The molecule has 0 saturated carbocycles. The molecule has 1 amide bonds. The van der Waals surface area contributed by atoms with Gasteiger partial charge in [0.05, 0.1) is 23.3 Å². The molecule has 2 heterocycles. The van der Waals surface area contributed by atoms with Crippen molar-refractivity contribution in [3.63, 3.8) is 0 Å². The maximum Gasteiger partial charge on any atom is 0.508 e. The number of fused-ring (bicyclic) bond motifs is 1. The summed E-state index contributed by atoms with van der Waals surface area (Å²) < 4.78 is 20.6. The zero-order valence-corrected chi connectivity index (χ0v) is 17.4. The normalized spacial score (nSPS) is 27.3. The van der Waals surface area contributed by atoms with Crippen LogP contribution in [0.2, 0.25) is 0 Å². The number of carbonyl (C=O) groups is 3. The Hall–Kier alpha value is -2.00. The first-order valence-electron chi connectivity index (χ1n) is 9.37. The van der Waals surface area contributed by atoms with E-state index in [1.54, 1.807) is 13.8 Å². The second kappa shape index (κ2) is 10.7. The lowest BCUT2D eigenvalue weighted by atomic mass is 9.91. The molecule has 2 aliphatic rings. The number of ether oxygens (including phenoxy) is 4. The Kier molecular flexibility index (Phi) is 8.58. The van der Waals surface area contributed by atoms with Gasteiger partial charge < -0.3 is 23.8 Å². The number of thioether (sulfide) groups is 1. The molecule has 0 aromatic rings. The van der Waals surface area contributed by atoms with Gasteiger partial charge in [0.15, 0.2) is 6.10 Å². The van der Waals surface area contributed by atoms with Gasteiger partial charge in [-0.1, -0.05) is 32.2 Å². The van der Waals surface area contributed by atoms with E-state index in [0.29, 0.717) is 6.42 Å². The van der Waals surface area contributed by atoms with Crippen LogP contribution in [0.3, 0.4) is 0 Å². The van der Waals surface area contributed by atoms with E-state index in [0.717, 1.165) is 0 Å². The monoisotopic (exact) mass is 424 g/mol. The molecule has 0 spiro atoms. The molecule has 0 aliphatic carbocycles. The second-order valence-electron chi connectivity index (χ2n) is 6.60. The summed E-state index contributed by atoms with van der Waals surface area (Å²) in [5.74, 6) is -1.27. The number of hydrogen-bond donors (Lipinski definition) is 0. The van der Waals surface area contributed by atoms with Gasteiger partial charge in [-0.05, 0) is 13.3 Å². The third kappa shape index (κ3) is 5.33. The molecule has 0 N–H and O–H groups in total. The number of esters is 1. The fourth-order valence-electron chi connectivity index (χ4n) is 3.14. The Morgan fingerprint density at radius 2 is 1.93 bits per heavy atom. The van der Waals surface area contributed by atoms with Crippen LogP contribution >= 0.6 is 11.8 Å². The fraction of sp³-hybridized carbons (Fsp3) is 0.600. The molecule has 6 atom stereocenters. The molecule has 2 fully saturated rings. The quantitative estimate of drug-likeness (QED) is 0.283. The van der Waals surface area contributed by atoms with Crippen molar-refractivity contribution < 1.29 is 33.3 Å². The minimum absolute atomic E-state index is 0.0243. The van der Waals surface area contributed by atoms with Crippen molar-refractivity contribution in [3.8, 4) is 0 Å². The van der Waals surface area contributed by atoms with Crippen molar-refractivity contribution in [1.82, 2.24) is 4.90 Å². The van der Waals surface area contributed by atoms with Crippen LogP contribution in [-0.2, 0) is 28.5 Å². The van der Waals surface area contributed by atoms with E-state index in [1.165, 1.54) is 28.8 Å². The Morgan fingerprint density at radius 1 is 1.28 bits per heavy atom. The molecule has 29 heavy (non-hydrogen) atoms. The van der Waals surface area contributed by atoms with Crippen LogP contribution in [0, 0.1) is 12.8 Å². The third-order valence-corrected chi connectivity index (χ3v) is 6.18. The maximum atomic E-state index is 12.5. The first kappa shape index (κ1) is 23.3. The van der Waals surface area contributed by atoms with Crippen molar-refractivity contribution in [2.45, 2.75) is 49.1 Å². The molecule has 2 saturated heterocycles. The van der Waals surface area contributed by atoms with Crippen molar-refractivity contribution in [1.29, 1.82) is 0 Å². The van der Waals surface area contributed by atoms with E-state index in [-0.39, 0.29) is 36.4 Å². The summed E-state index contributed by atoms with van der Waals surface area (Å²) in [5.41, 5.74) is 0. The van der Waals surface area contributed by atoms with Gasteiger partial charge in [-0.25, -0.2) is 9.59 Å². The van der Waals surface area contributed by atoms with E-state index in [4.69, 9.17) is 25.9 Å². The van der Waals surface area contributed by atoms with Crippen molar-refractivity contribution in [3.05, 3.63) is 32.2 Å². The lowest BCUT2D eigenvalue weighted by molar-refractivity contribution is -0.160. The molecule has 0 bridgehead atoms. The van der Waals surface area contributed by atoms with E-state index >= 15 is 0 Å². The molecule has 8 nitrogen and oxygen atoms in total. The van der Waals surface area contributed by atoms with Crippen LogP contribution in [0.25, 0.3) is 0 Å². The van der Waals surface area contributed by atoms with Crippen LogP contribution in [0.4, 0.5) is 4.79 Å². The van der Waals surface area contributed by atoms with Gasteiger partial charge in [0.1, 0.15) is 25.2 Å². The number of β-lactam (4-membered cyclic amide) rings is 1. The van der Waals surface area contributed by atoms with Crippen molar-refractivity contribution >= 4 is 29.8 Å². The lowest BCUT2D eigenvalue weighted by Gasteiger charge is -2.45. The zero-order chi connectivity index (χ0) is 21.6. The highest BCUT2D eigenvalue weighted by atomic mass is 32.2. The molecule has 0 aromatic heterocycles. The van der Waals surface area contributed by atoms with Crippen LogP contribution in [0.5, 0.6) is 0 Å². The summed E-state index contributed by atoms with van der Waals surface area (Å²) in [7, 11) is 0. The maximum absolute atomic E-state index is 12.5. The molecular weight excluding hydrogens is 398 g/mol. The molecule has 9 heteroatoms. The second-order valence-corrected chi connectivity index (χ2v) is 7.96. The third-order valence-electron chi connectivity index (χ3n) is 4.63. The number of nitrogens with zero attached hydrogens (tertiary/aromatic N) is 1. The smallest absolute Gasteiger partial charge is 0.460 e. The van der Waals surface area contributed by atoms with Gasteiger partial charge in [0, 0.05) is 6.92 Å². The predicted molar refractivity (Wildman–Crippen MR) is 106 cm³/mol. The van der Waals surface area contributed by atoms with E-state index in [1.807, 2.05) is 0 Å². The predicted octanol–water partition coefficient (Wildman–Crippen LogP) is 2.10. The first-order chi connectivity index (χ1) is 13.8. The summed E-state index contributed by atoms with van der Waals surface area (Å²) >= 11 is 1.41. The number of hydrogen-bond acceptors (Lipinski definition) is 8. The molecule has 159 valence electrons. The molecule has 2 aliphatic heterocycles. The minimum Gasteiger partial charge on any atom is -0.460 e. The van der Waals surface area contributed by atoms with Crippen molar-refractivity contribution in [2.24, 2.45) is 5.92 Å². The highest BCUT2D eigenvalue weighted by Crippen LogP contribution is 2.49. The number of amides is 1.